The molecule has 7 nitrogen and oxygen atoms in total. The van der Waals surface area contributed by atoms with Crippen LogP contribution in [0.25, 0.3) is 6.08 Å². The van der Waals surface area contributed by atoms with Crippen LogP contribution in [0.3, 0.4) is 0 Å². The number of anilines is 2. The van der Waals surface area contributed by atoms with Crippen LogP contribution in [0.5, 0.6) is 0 Å². The SMILES string of the molecule is O=C(/C=C/c1ccc([N+](=O)[O-])cc1)Nc1ccc(NC(=O)CCc2ccccc2)cc1. The maximum absolute atomic E-state index is 12.1. The van der Waals surface area contributed by atoms with Gasteiger partial charge >= 0.3 is 0 Å². The van der Waals surface area contributed by atoms with Gasteiger partial charge in [-0.3, -0.25) is 19.7 Å². The molecule has 156 valence electrons. The van der Waals surface area contributed by atoms with Crippen molar-refractivity contribution in [3.05, 3.63) is 106 Å². The minimum absolute atomic E-state index is 0.00570. The number of benzene rings is 3. The maximum Gasteiger partial charge on any atom is 0.269 e. The first-order chi connectivity index (χ1) is 15.0. The van der Waals surface area contributed by atoms with E-state index in [-0.39, 0.29) is 17.5 Å². The molecule has 3 aromatic rings. The van der Waals surface area contributed by atoms with Gasteiger partial charge in [-0.2, -0.15) is 0 Å². The summed E-state index contributed by atoms with van der Waals surface area (Å²) in [6, 6.07) is 22.5. The number of rotatable bonds is 8. The number of carbonyl (C=O) groups excluding carboxylic acids is 2. The van der Waals surface area contributed by atoms with Crippen molar-refractivity contribution in [1.29, 1.82) is 0 Å². The normalized spacial score (nSPS) is 10.6. The predicted molar refractivity (Wildman–Crippen MR) is 121 cm³/mol. The lowest BCUT2D eigenvalue weighted by Gasteiger charge is -2.07. The standard InChI is InChI=1S/C24H21N3O4/c28-23(16-8-18-4-2-1-3-5-18)25-20-10-12-21(13-11-20)26-24(29)17-9-19-6-14-22(15-7-19)27(30)31/h1-7,9-15,17H,8,16H2,(H,25,28)(H,26,29)/b17-9+. The first-order valence-electron chi connectivity index (χ1n) is 9.67. The quantitative estimate of drug-likeness (QED) is 0.313. The smallest absolute Gasteiger partial charge is 0.269 e. The highest BCUT2D eigenvalue weighted by molar-refractivity contribution is 6.02. The summed E-state index contributed by atoms with van der Waals surface area (Å²) < 4.78 is 0. The zero-order chi connectivity index (χ0) is 22.1. The second kappa shape index (κ2) is 10.5. The molecule has 31 heavy (non-hydrogen) atoms. The molecule has 3 aromatic carbocycles. The Kier molecular flexibility index (Phi) is 7.26. The molecular formula is C24H21N3O4. The van der Waals surface area contributed by atoms with Gasteiger partial charge in [0.05, 0.1) is 4.92 Å². The Bertz CT molecular complexity index is 1080. The number of nitro groups is 1. The van der Waals surface area contributed by atoms with E-state index in [2.05, 4.69) is 10.6 Å². The average Bonchev–Trinajstić information content (AvgIpc) is 2.78. The Morgan fingerprint density at radius 2 is 1.45 bits per heavy atom. The second-order valence-electron chi connectivity index (χ2n) is 6.78. The molecule has 0 saturated carbocycles. The van der Waals surface area contributed by atoms with Gasteiger partial charge in [0.15, 0.2) is 0 Å². The number of hydrogen-bond donors (Lipinski definition) is 2. The van der Waals surface area contributed by atoms with Gasteiger partial charge in [0, 0.05) is 36.0 Å². The van der Waals surface area contributed by atoms with Gasteiger partial charge in [-0.15, -0.1) is 0 Å². The summed E-state index contributed by atoms with van der Waals surface area (Å²) in [5.41, 5.74) is 3.01. The highest BCUT2D eigenvalue weighted by atomic mass is 16.6. The topological polar surface area (TPSA) is 101 Å². The van der Waals surface area contributed by atoms with Gasteiger partial charge in [-0.05, 0) is 60.0 Å². The van der Waals surface area contributed by atoms with E-state index in [1.807, 2.05) is 30.3 Å². The summed E-state index contributed by atoms with van der Waals surface area (Å²) in [7, 11) is 0. The molecule has 0 aromatic heterocycles. The lowest BCUT2D eigenvalue weighted by Crippen LogP contribution is -2.12. The second-order valence-corrected chi connectivity index (χ2v) is 6.78. The molecule has 2 N–H and O–H groups in total. The number of aryl methyl sites for hydroxylation is 1. The molecular weight excluding hydrogens is 394 g/mol. The number of carbonyl (C=O) groups is 2. The van der Waals surface area contributed by atoms with Crippen molar-refractivity contribution in [2.75, 3.05) is 10.6 Å². The largest absolute Gasteiger partial charge is 0.326 e. The van der Waals surface area contributed by atoms with Gasteiger partial charge in [0.1, 0.15) is 0 Å². The van der Waals surface area contributed by atoms with Gasteiger partial charge in [0.2, 0.25) is 11.8 Å². The fourth-order valence-electron chi connectivity index (χ4n) is 2.83. The van der Waals surface area contributed by atoms with Crippen molar-refractivity contribution in [2.45, 2.75) is 12.8 Å². The first kappa shape index (κ1) is 21.4. The van der Waals surface area contributed by atoms with Crippen molar-refractivity contribution >= 4 is 35.0 Å². The Morgan fingerprint density at radius 3 is 2.06 bits per heavy atom. The molecule has 0 atom stereocenters. The highest BCUT2D eigenvalue weighted by Crippen LogP contribution is 2.15. The Morgan fingerprint density at radius 1 is 0.839 bits per heavy atom. The van der Waals surface area contributed by atoms with Crippen molar-refractivity contribution in [1.82, 2.24) is 0 Å². The molecule has 7 heteroatoms. The number of nitro benzene ring substituents is 1. The Labute approximate surface area is 179 Å². The van der Waals surface area contributed by atoms with Crippen LogP contribution in [0.15, 0.2) is 84.9 Å². The third-order valence-corrected chi connectivity index (χ3v) is 4.45. The van der Waals surface area contributed by atoms with E-state index < -0.39 is 4.92 Å². The highest BCUT2D eigenvalue weighted by Gasteiger charge is 2.05. The number of amides is 2. The van der Waals surface area contributed by atoms with E-state index in [1.54, 1.807) is 42.5 Å². The van der Waals surface area contributed by atoms with Crippen LogP contribution in [0, 0.1) is 10.1 Å². The average molecular weight is 415 g/mol. The van der Waals surface area contributed by atoms with Crippen LogP contribution in [0.2, 0.25) is 0 Å². The number of nitrogens with zero attached hydrogens (tertiary/aromatic N) is 1. The van der Waals surface area contributed by atoms with E-state index in [9.17, 15) is 19.7 Å². The molecule has 0 unspecified atom stereocenters. The summed E-state index contributed by atoms with van der Waals surface area (Å²) in [6.45, 7) is 0. The maximum atomic E-state index is 12.1. The molecule has 0 heterocycles. The molecule has 0 radical (unpaired) electrons. The van der Waals surface area contributed by atoms with E-state index in [0.29, 0.717) is 29.8 Å². The fourth-order valence-corrected chi connectivity index (χ4v) is 2.83. The van der Waals surface area contributed by atoms with Crippen LogP contribution in [-0.4, -0.2) is 16.7 Å². The molecule has 0 spiro atoms. The fraction of sp³-hybridized carbons (Fsp3) is 0.0833. The minimum atomic E-state index is -0.477. The van der Waals surface area contributed by atoms with Crippen LogP contribution in [0.1, 0.15) is 17.5 Å². The number of non-ortho nitro benzene ring substituents is 1. The lowest BCUT2D eigenvalue weighted by atomic mass is 10.1. The van der Waals surface area contributed by atoms with Crippen molar-refractivity contribution in [3.8, 4) is 0 Å². The molecule has 0 fully saturated rings. The monoisotopic (exact) mass is 415 g/mol. The van der Waals surface area contributed by atoms with E-state index in [0.717, 1.165) is 5.56 Å². The lowest BCUT2D eigenvalue weighted by molar-refractivity contribution is -0.384. The third kappa shape index (κ3) is 6.93. The summed E-state index contributed by atoms with van der Waals surface area (Å²) >= 11 is 0. The summed E-state index contributed by atoms with van der Waals surface area (Å²) in [4.78, 5) is 34.3. The molecule has 0 aliphatic heterocycles. The van der Waals surface area contributed by atoms with E-state index in [4.69, 9.17) is 0 Å². The summed E-state index contributed by atoms with van der Waals surface area (Å²) in [5, 5.41) is 16.2. The molecule has 0 bridgehead atoms. The molecule has 0 aliphatic carbocycles. The van der Waals surface area contributed by atoms with E-state index >= 15 is 0 Å². The molecule has 3 rings (SSSR count). The molecule has 2 amide bonds. The minimum Gasteiger partial charge on any atom is -0.326 e. The third-order valence-electron chi connectivity index (χ3n) is 4.45. The van der Waals surface area contributed by atoms with Crippen molar-refractivity contribution < 1.29 is 14.5 Å². The van der Waals surface area contributed by atoms with Crippen LogP contribution in [0.4, 0.5) is 17.1 Å². The Balaban J connectivity index is 1.47. The van der Waals surface area contributed by atoms with Gasteiger partial charge in [-0.25, -0.2) is 0 Å². The zero-order valence-corrected chi connectivity index (χ0v) is 16.7. The van der Waals surface area contributed by atoms with Gasteiger partial charge < -0.3 is 10.6 Å². The van der Waals surface area contributed by atoms with Gasteiger partial charge in [-0.1, -0.05) is 30.3 Å². The summed E-state index contributed by atoms with van der Waals surface area (Å²) in [6.07, 6.45) is 3.97. The number of hydrogen-bond acceptors (Lipinski definition) is 4. The van der Waals surface area contributed by atoms with Gasteiger partial charge in [0.25, 0.3) is 5.69 Å². The first-order valence-corrected chi connectivity index (χ1v) is 9.67. The van der Waals surface area contributed by atoms with Crippen LogP contribution < -0.4 is 10.6 Å². The van der Waals surface area contributed by atoms with Crippen LogP contribution >= 0.6 is 0 Å². The van der Waals surface area contributed by atoms with Crippen molar-refractivity contribution in [3.63, 3.8) is 0 Å². The summed E-state index contributed by atoms with van der Waals surface area (Å²) in [5.74, 6) is -0.412. The van der Waals surface area contributed by atoms with Crippen molar-refractivity contribution in [2.24, 2.45) is 0 Å². The Hall–Kier alpha value is -4.26. The molecule has 0 aliphatic rings. The van der Waals surface area contributed by atoms with E-state index in [1.165, 1.54) is 18.2 Å². The predicted octanol–water partition coefficient (Wildman–Crippen LogP) is 4.82. The van der Waals surface area contributed by atoms with Crippen LogP contribution in [-0.2, 0) is 16.0 Å². The number of nitrogens with one attached hydrogen (secondary N) is 2. The zero-order valence-electron chi connectivity index (χ0n) is 16.7. The molecule has 0 saturated heterocycles.